The molecule has 0 saturated carbocycles. The van der Waals surface area contributed by atoms with Gasteiger partial charge in [0, 0.05) is 27.9 Å². The average molecular weight is 531 g/mol. The molecule has 1 N–H and O–H groups in total. The molecule has 0 aliphatic heterocycles. The predicted octanol–water partition coefficient (Wildman–Crippen LogP) is 6.22. The number of nitrogens with zero attached hydrogens (tertiary/aromatic N) is 5. The summed E-state index contributed by atoms with van der Waals surface area (Å²) >= 11 is 12.1. The van der Waals surface area contributed by atoms with Gasteiger partial charge in [-0.15, -0.1) is 0 Å². The molecule has 0 atom stereocenters. The van der Waals surface area contributed by atoms with E-state index in [-0.39, 0.29) is 17.0 Å². The number of halogens is 5. The maximum absolute atomic E-state index is 13.8. The molecular formula is C24H15Cl2F3N6O. The van der Waals surface area contributed by atoms with Gasteiger partial charge in [0.2, 0.25) is 0 Å². The standard InChI is InChI=1S/C24H15Cl2F3N6O/c25-16-7-5-14(6-8-16)19-9-21(24(27,28)29)35-22(32-19)10-20(33-35)23(36)31-17-11-30-34(13-17)12-15-3-1-2-4-18(15)26/h1-11,13H,12H2,(H,31,36). The Labute approximate surface area is 212 Å². The van der Waals surface area contributed by atoms with Gasteiger partial charge in [0.15, 0.2) is 17.0 Å². The van der Waals surface area contributed by atoms with Crippen molar-refractivity contribution in [2.24, 2.45) is 0 Å². The summed E-state index contributed by atoms with van der Waals surface area (Å²) in [6.07, 6.45) is -1.74. The highest BCUT2D eigenvalue weighted by Crippen LogP contribution is 2.32. The highest BCUT2D eigenvalue weighted by Gasteiger charge is 2.35. The van der Waals surface area contributed by atoms with Crippen molar-refractivity contribution in [2.75, 3.05) is 5.32 Å². The van der Waals surface area contributed by atoms with E-state index in [1.54, 1.807) is 41.2 Å². The summed E-state index contributed by atoms with van der Waals surface area (Å²) in [6, 6.07) is 15.6. The molecule has 0 aliphatic rings. The molecule has 182 valence electrons. The normalized spacial score (nSPS) is 11.7. The number of hydrogen-bond acceptors (Lipinski definition) is 4. The Balaban J connectivity index is 1.43. The molecule has 0 fully saturated rings. The monoisotopic (exact) mass is 530 g/mol. The van der Waals surface area contributed by atoms with Crippen LogP contribution in [0.5, 0.6) is 0 Å². The first-order valence-corrected chi connectivity index (χ1v) is 11.2. The molecule has 3 heterocycles. The topological polar surface area (TPSA) is 77.1 Å². The summed E-state index contributed by atoms with van der Waals surface area (Å²) in [5, 5.41) is 11.7. The van der Waals surface area contributed by atoms with Crippen LogP contribution < -0.4 is 5.32 Å². The smallest absolute Gasteiger partial charge is 0.318 e. The van der Waals surface area contributed by atoms with Gasteiger partial charge in [-0.05, 0) is 29.8 Å². The van der Waals surface area contributed by atoms with Crippen molar-refractivity contribution < 1.29 is 18.0 Å². The van der Waals surface area contributed by atoms with Crippen molar-refractivity contribution in [3.63, 3.8) is 0 Å². The third kappa shape index (κ3) is 4.91. The van der Waals surface area contributed by atoms with Crippen molar-refractivity contribution in [1.29, 1.82) is 0 Å². The summed E-state index contributed by atoms with van der Waals surface area (Å²) in [7, 11) is 0. The van der Waals surface area contributed by atoms with Crippen molar-refractivity contribution in [3.05, 3.63) is 100 Å². The Morgan fingerprint density at radius 2 is 1.78 bits per heavy atom. The number of fused-ring (bicyclic) bond motifs is 1. The van der Waals surface area contributed by atoms with Crippen molar-refractivity contribution in [3.8, 4) is 11.3 Å². The zero-order valence-electron chi connectivity index (χ0n) is 18.2. The summed E-state index contributed by atoms with van der Waals surface area (Å²) in [5.41, 5.74) is 0.251. The second kappa shape index (κ2) is 9.29. The zero-order valence-corrected chi connectivity index (χ0v) is 19.7. The van der Waals surface area contributed by atoms with E-state index in [1.165, 1.54) is 12.3 Å². The van der Waals surface area contributed by atoms with Crippen LogP contribution in [0.3, 0.4) is 0 Å². The average Bonchev–Trinajstić information content (AvgIpc) is 3.46. The molecule has 0 radical (unpaired) electrons. The van der Waals surface area contributed by atoms with E-state index >= 15 is 0 Å². The predicted molar refractivity (Wildman–Crippen MR) is 129 cm³/mol. The van der Waals surface area contributed by atoms with Gasteiger partial charge in [-0.1, -0.05) is 53.5 Å². The van der Waals surface area contributed by atoms with E-state index < -0.39 is 17.8 Å². The lowest BCUT2D eigenvalue weighted by molar-refractivity contribution is -0.142. The van der Waals surface area contributed by atoms with Crippen LogP contribution in [-0.4, -0.2) is 30.3 Å². The molecule has 1 amide bonds. The minimum absolute atomic E-state index is 0.0687. The molecule has 0 saturated heterocycles. The van der Waals surface area contributed by atoms with E-state index in [9.17, 15) is 18.0 Å². The highest BCUT2D eigenvalue weighted by atomic mass is 35.5. The van der Waals surface area contributed by atoms with Crippen LogP contribution in [0.15, 0.2) is 73.1 Å². The fraction of sp³-hybridized carbons (Fsp3) is 0.0833. The summed E-state index contributed by atoms with van der Waals surface area (Å²) in [5.74, 6) is -0.709. The number of carbonyl (C=O) groups excluding carboxylic acids is 1. The Bertz CT molecular complexity index is 1580. The van der Waals surface area contributed by atoms with Gasteiger partial charge in [0.05, 0.1) is 24.1 Å². The van der Waals surface area contributed by atoms with Crippen LogP contribution in [0, 0.1) is 0 Å². The number of aromatic nitrogens is 5. The Morgan fingerprint density at radius 1 is 1.03 bits per heavy atom. The van der Waals surface area contributed by atoms with E-state index in [4.69, 9.17) is 23.2 Å². The first-order chi connectivity index (χ1) is 17.2. The van der Waals surface area contributed by atoms with Crippen molar-refractivity contribution >= 4 is 40.4 Å². The maximum Gasteiger partial charge on any atom is 0.433 e. The molecule has 12 heteroatoms. The number of rotatable bonds is 5. The second-order valence-electron chi connectivity index (χ2n) is 7.80. The van der Waals surface area contributed by atoms with Crippen LogP contribution in [-0.2, 0) is 12.7 Å². The second-order valence-corrected chi connectivity index (χ2v) is 8.65. The first-order valence-electron chi connectivity index (χ1n) is 10.5. The van der Waals surface area contributed by atoms with Gasteiger partial charge in [0.25, 0.3) is 5.91 Å². The molecule has 3 aromatic heterocycles. The number of amides is 1. The number of nitrogens with one attached hydrogen (secondary N) is 1. The lowest BCUT2D eigenvalue weighted by Gasteiger charge is -2.11. The summed E-state index contributed by atoms with van der Waals surface area (Å²) in [6.45, 7) is 0.371. The minimum Gasteiger partial charge on any atom is -0.318 e. The number of hydrogen-bond donors (Lipinski definition) is 1. The third-order valence-corrected chi connectivity index (χ3v) is 5.89. The van der Waals surface area contributed by atoms with Gasteiger partial charge in [0.1, 0.15) is 0 Å². The Hall–Kier alpha value is -3.89. The van der Waals surface area contributed by atoms with Gasteiger partial charge in [-0.3, -0.25) is 9.48 Å². The summed E-state index contributed by atoms with van der Waals surface area (Å²) in [4.78, 5) is 17.1. The number of benzene rings is 2. The number of carbonyl (C=O) groups is 1. The van der Waals surface area contributed by atoms with Crippen LogP contribution >= 0.6 is 23.2 Å². The van der Waals surface area contributed by atoms with Crippen molar-refractivity contribution in [1.82, 2.24) is 24.4 Å². The molecule has 0 bridgehead atoms. The molecular weight excluding hydrogens is 516 g/mol. The highest BCUT2D eigenvalue weighted by molar-refractivity contribution is 6.31. The van der Waals surface area contributed by atoms with Crippen LogP contribution in [0.4, 0.5) is 18.9 Å². The van der Waals surface area contributed by atoms with E-state index in [2.05, 4.69) is 20.5 Å². The van der Waals surface area contributed by atoms with E-state index in [0.717, 1.165) is 11.6 Å². The van der Waals surface area contributed by atoms with E-state index in [1.807, 2.05) is 18.2 Å². The zero-order chi connectivity index (χ0) is 25.4. The largest absolute Gasteiger partial charge is 0.433 e. The molecule has 7 nitrogen and oxygen atoms in total. The summed E-state index contributed by atoms with van der Waals surface area (Å²) < 4.78 is 43.6. The van der Waals surface area contributed by atoms with Crippen molar-refractivity contribution in [2.45, 2.75) is 12.7 Å². The Morgan fingerprint density at radius 3 is 2.50 bits per heavy atom. The van der Waals surface area contributed by atoms with Crippen LogP contribution in [0.25, 0.3) is 16.9 Å². The molecule has 36 heavy (non-hydrogen) atoms. The first kappa shape index (κ1) is 23.8. The molecule has 5 aromatic rings. The van der Waals surface area contributed by atoms with Gasteiger partial charge >= 0.3 is 6.18 Å². The van der Waals surface area contributed by atoms with Crippen LogP contribution in [0.2, 0.25) is 10.0 Å². The lowest BCUT2D eigenvalue weighted by Crippen LogP contribution is -2.15. The fourth-order valence-electron chi connectivity index (χ4n) is 3.57. The molecule has 5 rings (SSSR count). The van der Waals surface area contributed by atoms with Gasteiger partial charge < -0.3 is 5.32 Å². The number of anilines is 1. The fourth-order valence-corrected chi connectivity index (χ4v) is 3.89. The molecule has 0 aliphatic carbocycles. The molecule has 0 unspecified atom stereocenters. The lowest BCUT2D eigenvalue weighted by atomic mass is 10.1. The Kier molecular flexibility index (Phi) is 6.15. The maximum atomic E-state index is 13.8. The number of alkyl halides is 3. The van der Waals surface area contributed by atoms with E-state index in [0.29, 0.717) is 32.4 Å². The minimum atomic E-state index is -4.73. The molecule has 2 aromatic carbocycles. The van der Waals surface area contributed by atoms with Crippen LogP contribution in [0.1, 0.15) is 21.7 Å². The third-order valence-electron chi connectivity index (χ3n) is 5.27. The SMILES string of the molecule is O=C(Nc1cnn(Cc2ccccc2Cl)c1)c1cc2nc(-c3ccc(Cl)cc3)cc(C(F)(F)F)n2n1. The molecule has 0 spiro atoms. The van der Waals surface area contributed by atoms with Gasteiger partial charge in [-0.25, -0.2) is 9.50 Å². The quantitative estimate of drug-likeness (QED) is 0.292. The van der Waals surface area contributed by atoms with Gasteiger partial charge in [-0.2, -0.15) is 23.4 Å².